The molecule has 2 rings (SSSR count). The smallest absolute Gasteiger partial charge is 0.328 e. The summed E-state index contributed by atoms with van der Waals surface area (Å²) >= 11 is 0. The van der Waals surface area contributed by atoms with E-state index in [0.29, 0.717) is 19.1 Å². The van der Waals surface area contributed by atoms with Crippen molar-refractivity contribution in [1.29, 1.82) is 0 Å². The zero-order chi connectivity index (χ0) is 15.6. The molecule has 0 radical (unpaired) electrons. The van der Waals surface area contributed by atoms with Gasteiger partial charge in [0, 0.05) is 12.5 Å². The highest BCUT2D eigenvalue weighted by Gasteiger charge is 2.38. The summed E-state index contributed by atoms with van der Waals surface area (Å²) in [4.78, 5) is 25.4. The molecular weight excluding hydrogens is 270 g/mol. The highest BCUT2D eigenvalue weighted by atomic mass is 16.5. The maximum absolute atomic E-state index is 12.6. The van der Waals surface area contributed by atoms with Gasteiger partial charge in [0.15, 0.2) is 6.04 Å². The van der Waals surface area contributed by atoms with Crippen LogP contribution in [0.3, 0.4) is 0 Å². The van der Waals surface area contributed by atoms with Crippen molar-refractivity contribution >= 4 is 11.9 Å². The number of hydrogen-bond donors (Lipinski definition) is 1. The Morgan fingerprint density at radius 1 is 1.14 bits per heavy atom. The zero-order valence-corrected chi connectivity index (χ0v) is 13.3. The number of carbonyl (C=O) groups is 2. The summed E-state index contributed by atoms with van der Waals surface area (Å²) in [6.45, 7) is 7.70. The molecule has 0 aromatic carbocycles. The monoisotopic (exact) mass is 297 g/mol. The lowest BCUT2D eigenvalue weighted by Gasteiger charge is -2.40. The second-order valence-corrected chi connectivity index (χ2v) is 7.38. The molecule has 0 aromatic rings. The van der Waals surface area contributed by atoms with Gasteiger partial charge in [0.1, 0.15) is 0 Å². The molecule has 0 bridgehead atoms. The molecule has 2 aliphatic rings. The van der Waals surface area contributed by atoms with Gasteiger partial charge in [-0.25, -0.2) is 4.79 Å². The molecule has 0 spiro atoms. The summed E-state index contributed by atoms with van der Waals surface area (Å²) in [7, 11) is 0. The molecule has 1 saturated carbocycles. The molecule has 1 aliphatic heterocycles. The van der Waals surface area contributed by atoms with Gasteiger partial charge in [-0.3, -0.25) is 4.79 Å². The van der Waals surface area contributed by atoms with Crippen molar-refractivity contribution in [1.82, 2.24) is 4.90 Å². The van der Waals surface area contributed by atoms with Crippen LogP contribution in [0, 0.1) is 17.3 Å². The summed E-state index contributed by atoms with van der Waals surface area (Å²) < 4.78 is 5.20. The van der Waals surface area contributed by atoms with Crippen molar-refractivity contribution in [3.05, 3.63) is 0 Å². The number of ether oxygens (including phenoxy) is 1. The maximum Gasteiger partial charge on any atom is 0.328 e. The Balaban J connectivity index is 1.96. The molecule has 5 nitrogen and oxygen atoms in total. The first-order chi connectivity index (χ1) is 9.80. The molecule has 2 fully saturated rings. The SMILES string of the molecule is CC(C)(C)C1CCC(C(=O)N2CCOCC2C(=O)O)CC1. The van der Waals surface area contributed by atoms with Gasteiger partial charge in [-0.2, -0.15) is 0 Å². The first kappa shape index (κ1) is 16.3. The molecule has 0 aromatic heterocycles. The summed E-state index contributed by atoms with van der Waals surface area (Å²) in [5.74, 6) is -0.311. The van der Waals surface area contributed by atoms with Crippen LogP contribution in [-0.4, -0.2) is 47.7 Å². The van der Waals surface area contributed by atoms with Crippen molar-refractivity contribution in [3.63, 3.8) is 0 Å². The van der Waals surface area contributed by atoms with Crippen molar-refractivity contribution in [3.8, 4) is 0 Å². The van der Waals surface area contributed by atoms with Crippen LogP contribution >= 0.6 is 0 Å². The predicted octanol–water partition coefficient (Wildman–Crippen LogP) is 2.15. The third kappa shape index (κ3) is 3.76. The number of aliphatic carboxylic acids is 1. The van der Waals surface area contributed by atoms with E-state index in [2.05, 4.69) is 20.8 Å². The van der Waals surface area contributed by atoms with Gasteiger partial charge in [0.05, 0.1) is 13.2 Å². The van der Waals surface area contributed by atoms with Gasteiger partial charge >= 0.3 is 5.97 Å². The van der Waals surface area contributed by atoms with Gasteiger partial charge < -0.3 is 14.7 Å². The topological polar surface area (TPSA) is 66.8 Å². The first-order valence-electron chi connectivity index (χ1n) is 7.91. The predicted molar refractivity (Wildman–Crippen MR) is 78.9 cm³/mol. The number of amides is 1. The molecule has 1 heterocycles. The van der Waals surface area contributed by atoms with Gasteiger partial charge in [0.2, 0.25) is 5.91 Å². The number of morpholine rings is 1. The fraction of sp³-hybridized carbons (Fsp3) is 0.875. The van der Waals surface area contributed by atoms with Gasteiger partial charge in [-0.1, -0.05) is 20.8 Å². The lowest BCUT2D eigenvalue weighted by atomic mass is 9.69. The number of nitrogens with zero attached hydrogens (tertiary/aromatic N) is 1. The average molecular weight is 297 g/mol. The molecule has 1 N–H and O–H groups in total. The van der Waals surface area contributed by atoms with E-state index in [1.54, 1.807) is 0 Å². The van der Waals surface area contributed by atoms with Crippen LogP contribution in [0.1, 0.15) is 46.5 Å². The fourth-order valence-corrected chi connectivity index (χ4v) is 3.51. The van der Waals surface area contributed by atoms with E-state index in [1.165, 1.54) is 4.90 Å². The van der Waals surface area contributed by atoms with E-state index in [0.717, 1.165) is 25.7 Å². The van der Waals surface area contributed by atoms with Crippen LogP contribution in [0.25, 0.3) is 0 Å². The molecule has 1 atom stereocenters. The number of rotatable bonds is 2. The molecule has 1 saturated heterocycles. The Kier molecular flexibility index (Phi) is 4.91. The Bertz CT molecular complexity index is 394. The Morgan fingerprint density at radius 2 is 1.76 bits per heavy atom. The average Bonchev–Trinajstić information content (AvgIpc) is 2.45. The summed E-state index contributed by atoms with van der Waals surface area (Å²) in [5, 5.41) is 9.23. The van der Waals surface area contributed by atoms with Crippen LogP contribution in [0.2, 0.25) is 0 Å². The molecular formula is C16H27NO4. The Morgan fingerprint density at radius 3 is 2.29 bits per heavy atom. The van der Waals surface area contributed by atoms with Crippen LogP contribution in [-0.2, 0) is 14.3 Å². The second-order valence-electron chi connectivity index (χ2n) is 7.38. The van der Waals surface area contributed by atoms with E-state index < -0.39 is 12.0 Å². The summed E-state index contributed by atoms with van der Waals surface area (Å²) in [6, 6.07) is -0.813. The zero-order valence-electron chi connectivity index (χ0n) is 13.3. The minimum atomic E-state index is -0.966. The van der Waals surface area contributed by atoms with Crippen LogP contribution in [0.4, 0.5) is 0 Å². The molecule has 1 aliphatic carbocycles. The van der Waals surface area contributed by atoms with E-state index in [1.807, 2.05) is 0 Å². The third-order valence-electron chi connectivity index (χ3n) is 5.00. The van der Waals surface area contributed by atoms with Crippen molar-refractivity contribution in [2.75, 3.05) is 19.8 Å². The largest absolute Gasteiger partial charge is 0.480 e. The van der Waals surface area contributed by atoms with Crippen molar-refractivity contribution < 1.29 is 19.4 Å². The summed E-state index contributed by atoms with van der Waals surface area (Å²) in [5.41, 5.74) is 0.288. The summed E-state index contributed by atoms with van der Waals surface area (Å²) in [6.07, 6.45) is 3.87. The van der Waals surface area contributed by atoms with Gasteiger partial charge in [-0.05, 0) is 37.0 Å². The van der Waals surface area contributed by atoms with Crippen molar-refractivity contribution in [2.24, 2.45) is 17.3 Å². The van der Waals surface area contributed by atoms with E-state index in [9.17, 15) is 14.7 Å². The Labute approximate surface area is 126 Å². The molecule has 5 heteroatoms. The van der Waals surface area contributed by atoms with E-state index >= 15 is 0 Å². The van der Waals surface area contributed by atoms with Crippen LogP contribution in [0.15, 0.2) is 0 Å². The highest BCUT2D eigenvalue weighted by molar-refractivity contribution is 5.85. The molecule has 1 unspecified atom stereocenters. The van der Waals surface area contributed by atoms with Crippen LogP contribution < -0.4 is 0 Å². The lowest BCUT2D eigenvalue weighted by Crippen LogP contribution is -2.54. The second kappa shape index (κ2) is 6.34. The van der Waals surface area contributed by atoms with Crippen LogP contribution in [0.5, 0.6) is 0 Å². The van der Waals surface area contributed by atoms with Gasteiger partial charge in [-0.15, -0.1) is 0 Å². The fourth-order valence-electron chi connectivity index (χ4n) is 3.51. The number of hydrogen-bond acceptors (Lipinski definition) is 3. The van der Waals surface area contributed by atoms with Gasteiger partial charge in [0.25, 0.3) is 0 Å². The molecule has 1 amide bonds. The molecule has 120 valence electrons. The lowest BCUT2D eigenvalue weighted by molar-refractivity contribution is -0.161. The first-order valence-corrected chi connectivity index (χ1v) is 7.91. The number of carboxylic acids is 1. The normalized spacial score (nSPS) is 31.0. The maximum atomic E-state index is 12.6. The Hall–Kier alpha value is -1.10. The van der Waals surface area contributed by atoms with E-state index in [4.69, 9.17) is 4.74 Å². The standard InChI is InChI=1S/C16H27NO4/c1-16(2,3)12-6-4-11(5-7-12)14(18)17-8-9-21-10-13(17)15(19)20/h11-13H,4-10H2,1-3H3,(H,19,20). The highest BCUT2D eigenvalue weighted by Crippen LogP contribution is 2.40. The molecule has 21 heavy (non-hydrogen) atoms. The minimum Gasteiger partial charge on any atom is -0.480 e. The van der Waals surface area contributed by atoms with E-state index in [-0.39, 0.29) is 23.8 Å². The minimum absolute atomic E-state index is 0.0106. The number of carboxylic acid groups (broad SMARTS) is 1. The van der Waals surface area contributed by atoms with Crippen molar-refractivity contribution in [2.45, 2.75) is 52.5 Å². The number of carbonyl (C=O) groups excluding carboxylic acids is 1. The third-order valence-corrected chi connectivity index (χ3v) is 5.00. The quantitative estimate of drug-likeness (QED) is 0.848.